The van der Waals surface area contributed by atoms with Crippen molar-refractivity contribution in [3.05, 3.63) is 42.0 Å². The van der Waals surface area contributed by atoms with Gasteiger partial charge in [-0.3, -0.25) is 4.90 Å². The van der Waals surface area contributed by atoms with Gasteiger partial charge < -0.3 is 9.52 Å². The zero-order valence-corrected chi connectivity index (χ0v) is 11.9. The van der Waals surface area contributed by atoms with E-state index in [1.165, 1.54) is 12.1 Å². The minimum atomic E-state index is -0.760. The predicted molar refractivity (Wildman–Crippen MR) is 74.5 cm³/mol. The first kappa shape index (κ1) is 14.7. The van der Waals surface area contributed by atoms with E-state index in [1.807, 2.05) is 11.9 Å². The van der Waals surface area contributed by atoms with Crippen LogP contribution in [0.2, 0.25) is 0 Å². The monoisotopic (exact) mass is 278 g/mol. The average molecular weight is 278 g/mol. The third kappa shape index (κ3) is 4.15. The van der Waals surface area contributed by atoms with Gasteiger partial charge in [0.2, 0.25) is 5.89 Å². The maximum atomic E-state index is 13.2. The zero-order valence-electron chi connectivity index (χ0n) is 11.9. The highest BCUT2D eigenvalue weighted by Gasteiger charge is 2.17. The molecule has 1 aromatic heterocycles. The highest BCUT2D eigenvalue weighted by molar-refractivity contribution is 5.52. The van der Waals surface area contributed by atoms with Crippen LogP contribution in [0.15, 0.2) is 34.9 Å². The van der Waals surface area contributed by atoms with E-state index in [-0.39, 0.29) is 5.82 Å². The SMILES string of the molecule is CN(Cc1coc(-c2cccc(F)c2)n1)CC(C)(C)O. The van der Waals surface area contributed by atoms with Gasteiger partial charge >= 0.3 is 0 Å². The lowest BCUT2D eigenvalue weighted by molar-refractivity contribution is 0.0421. The van der Waals surface area contributed by atoms with Crippen molar-refractivity contribution in [2.24, 2.45) is 0 Å². The number of likely N-dealkylation sites (N-methyl/N-ethyl adjacent to an activating group) is 1. The maximum Gasteiger partial charge on any atom is 0.226 e. The second kappa shape index (κ2) is 5.73. The molecule has 0 saturated heterocycles. The van der Waals surface area contributed by atoms with Crippen molar-refractivity contribution in [3.63, 3.8) is 0 Å². The summed E-state index contributed by atoms with van der Waals surface area (Å²) in [5.41, 5.74) is 0.599. The molecule has 0 saturated carbocycles. The van der Waals surface area contributed by atoms with Crippen molar-refractivity contribution in [3.8, 4) is 11.5 Å². The number of aromatic nitrogens is 1. The number of rotatable bonds is 5. The summed E-state index contributed by atoms with van der Waals surface area (Å²) >= 11 is 0. The van der Waals surface area contributed by atoms with Crippen LogP contribution in [0.5, 0.6) is 0 Å². The lowest BCUT2D eigenvalue weighted by Gasteiger charge is -2.24. The van der Waals surface area contributed by atoms with Gasteiger partial charge in [0.25, 0.3) is 0 Å². The van der Waals surface area contributed by atoms with Crippen molar-refractivity contribution in [1.82, 2.24) is 9.88 Å². The number of hydrogen-bond donors (Lipinski definition) is 1. The number of hydrogen-bond acceptors (Lipinski definition) is 4. The minimum Gasteiger partial charge on any atom is -0.444 e. The Kier molecular flexibility index (Phi) is 4.20. The number of halogens is 1. The van der Waals surface area contributed by atoms with Gasteiger partial charge in [-0.15, -0.1) is 0 Å². The molecular formula is C15H19FN2O2. The first-order chi connectivity index (χ1) is 9.33. The Labute approximate surface area is 117 Å². The molecule has 0 bridgehead atoms. The van der Waals surface area contributed by atoms with Gasteiger partial charge in [0.15, 0.2) is 0 Å². The van der Waals surface area contributed by atoms with Crippen molar-refractivity contribution in [1.29, 1.82) is 0 Å². The summed E-state index contributed by atoms with van der Waals surface area (Å²) in [4.78, 5) is 6.29. The van der Waals surface area contributed by atoms with Crippen LogP contribution in [0.3, 0.4) is 0 Å². The van der Waals surface area contributed by atoms with Crippen molar-refractivity contribution in [2.75, 3.05) is 13.6 Å². The quantitative estimate of drug-likeness (QED) is 0.913. The van der Waals surface area contributed by atoms with E-state index in [0.717, 1.165) is 5.69 Å². The van der Waals surface area contributed by atoms with Gasteiger partial charge in [-0.05, 0) is 39.1 Å². The largest absolute Gasteiger partial charge is 0.444 e. The van der Waals surface area contributed by atoms with Gasteiger partial charge in [-0.1, -0.05) is 6.07 Å². The molecule has 0 aliphatic carbocycles. The summed E-state index contributed by atoms with van der Waals surface area (Å²) in [7, 11) is 1.90. The first-order valence-corrected chi connectivity index (χ1v) is 6.45. The van der Waals surface area contributed by atoms with E-state index in [0.29, 0.717) is 24.5 Å². The van der Waals surface area contributed by atoms with Crippen molar-refractivity contribution in [2.45, 2.75) is 26.0 Å². The highest BCUT2D eigenvalue weighted by Crippen LogP contribution is 2.20. The Morgan fingerprint density at radius 2 is 2.15 bits per heavy atom. The molecule has 108 valence electrons. The fourth-order valence-electron chi connectivity index (χ4n) is 2.13. The number of aliphatic hydroxyl groups is 1. The summed E-state index contributed by atoms with van der Waals surface area (Å²) in [6.45, 7) is 4.59. The molecule has 0 spiro atoms. The molecule has 5 heteroatoms. The van der Waals surface area contributed by atoms with Crippen LogP contribution >= 0.6 is 0 Å². The molecule has 0 atom stereocenters. The van der Waals surface area contributed by atoms with Crippen LogP contribution in [0.4, 0.5) is 4.39 Å². The molecule has 1 N–H and O–H groups in total. The molecule has 0 fully saturated rings. The Balaban J connectivity index is 2.06. The molecule has 0 unspecified atom stereocenters. The smallest absolute Gasteiger partial charge is 0.226 e. The standard InChI is InChI=1S/C15H19FN2O2/c1-15(2,19)10-18(3)8-13-9-20-14(17-13)11-5-4-6-12(16)7-11/h4-7,9,19H,8,10H2,1-3H3. The normalized spacial score (nSPS) is 12.1. The van der Waals surface area contributed by atoms with Crippen LogP contribution in [-0.2, 0) is 6.54 Å². The Morgan fingerprint density at radius 1 is 1.40 bits per heavy atom. The second-order valence-electron chi connectivity index (χ2n) is 5.64. The molecule has 1 heterocycles. The van der Waals surface area contributed by atoms with Gasteiger partial charge in [0.1, 0.15) is 12.1 Å². The van der Waals surface area contributed by atoms with Gasteiger partial charge in [-0.25, -0.2) is 9.37 Å². The molecule has 0 aliphatic rings. The fourth-order valence-corrected chi connectivity index (χ4v) is 2.13. The van der Waals surface area contributed by atoms with E-state index in [1.54, 1.807) is 32.2 Å². The van der Waals surface area contributed by atoms with E-state index >= 15 is 0 Å². The molecule has 1 aromatic carbocycles. The minimum absolute atomic E-state index is 0.318. The first-order valence-electron chi connectivity index (χ1n) is 6.45. The summed E-state index contributed by atoms with van der Waals surface area (Å²) < 4.78 is 18.5. The van der Waals surface area contributed by atoms with Crippen LogP contribution < -0.4 is 0 Å². The third-order valence-electron chi connectivity index (χ3n) is 2.71. The zero-order chi connectivity index (χ0) is 14.8. The molecule has 2 aromatic rings. The second-order valence-corrected chi connectivity index (χ2v) is 5.64. The summed E-state index contributed by atoms with van der Waals surface area (Å²) in [5.74, 6) is 0.0811. The average Bonchev–Trinajstić information content (AvgIpc) is 2.74. The van der Waals surface area contributed by atoms with E-state index in [9.17, 15) is 9.50 Å². The van der Waals surface area contributed by atoms with Crippen LogP contribution in [0.1, 0.15) is 19.5 Å². The van der Waals surface area contributed by atoms with E-state index < -0.39 is 5.60 Å². The van der Waals surface area contributed by atoms with Gasteiger partial charge in [0.05, 0.1) is 11.3 Å². The van der Waals surface area contributed by atoms with E-state index in [4.69, 9.17) is 4.42 Å². The Hall–Kier alpha value is -1.72. The van der Waals surface area contributed by atoms with Crippen LogP contribution in [-0.4, -0.2) is 34.2 Å². The molecule has 4 nitrogen and oxygen atoms in total. The molecule has 20 heavy (non-hydrogen) atoms. The number of oxazole rings is 1. The topological polar surface area (TPSA) is 49.5 Å². The highest BCUT2D eigenvalue weighted by atomic mass is 19.1. The summed E-state index contributed by atoms with van der Waals surface area (Å²) in [5, 5.41) is 9.75. The molecule has 0 aliphatic heterocycles. The maximum absolute atomic E-state index is 13.2. The van der Waals surface area contributed by atoms with Crippen LogP contribution in [0.25, 0.3) is 11.5 Å². The van der Waals surface area contributed by atoms with Gasteiger partial charge in [0, 0.05) is 18.7 Å². The lowest BCUT2D eigenvalue weighted by Crippen LogP contribution is -2.35. The molecular weight excluding hydrogens is 259 g/mol. The Bertz CT molecular complexity index is 575. The number of nitrogens with zero attached hydrogens (tertiary/aromatic N) is 2. The Morgan fingerprint density at radius 3 is 2.80 bits per heavy atom. The molecule has 0 amide bonds. The van der Waals surface area contributed by atoms with Gasteiger partial charge in [-0.2, -0.15) is 0 Å². The van der Waals surface area contributed by atoms with Crippen molar-refractivity contribution < 1.29 is 13.9 Å². The fraction of sp³-hybridized carbons (Fsp3) is 0.400. The molecule has 2 rings (SSSR count). The molecule has 0 radical (unpaired) electrons. The summed E-state index contributed by atoms with van der Waals surface area (Å²) in [6.07, 6.45) is 1.56. The van der Waals surface area contributed by atoms with Crippen molar-refractivity contribution >= 4 is 0 Å². The van der Waals surface area contributed by atoms with E-state index in [2.05, 4.69) is 4.98 Å². The van der Waals surface area contributed by atoms with Crippen LogP contribution in [0, 0.1) is 5.82 Å². The predicted octanol–water partition coefficient (Wildman–Crippen LogP) is 2.68. The lowest BCUT2D eigenvalue weighted by atomic mass is 10.1. The number of benzene rings is 1. The third-order valence-corrected chi connectivity index (χ3v) is 2.71. The summed E-state index contributed by atoms with van der Waals surface area (Å²) in [6, 6.07) is 6.13.